The fourth-order valence-corrected chi connectivity index (χ4v) is 4.68. The Morgan fingerprint density at radius 3 is 2.34 bits per heavy atom. The largest absolute Gasteiger partial charge is 0.480 e. The number of nitrogens with zero attached hydrogens (tertiary/aromatic N) is 1. The predicted molar refractivity (Wildman–Crippen MR) is 130 cm³/mol. The Morgan fingerprint density at radius 1 is 1.00 bits per heavy atom. The second kappa shape index (κ2) is 9.80. The minimum absolute atomic E-state index is 0.177. The van der Waals surface area contributed by atoms with E-state index in [0.29, 0.717) is 16.4 Å². The first kappa shape index (κ1) is 21.8. The normalized spacial score (nSPS) is 15.8. The van der Waals surface area contributed by atoms with Gasteiger partial charge in [0.15, 0.2) is 0 Å². The molecule has 0 radical (unpaired) electrons. The van der Waals surface area contributed by atoms with Gasteiger partial charge in [0.2, 0.25) is 0 Å². The van der Waals surface area contributed by atoms with Gasteiger partial charge in [-0.05, 0) is 41.5 Å². The molecular formula is C25H19NO4S2. The van der Waals surface area contributed by atoms with E-state index in [4.69, 9.17) is 17.0 Å². The van der Waals surface area contributed by atoms with Crippen molar-refractivity contribution in [3.05, 3.63) is 101 Å². The van der Waals surface area contributed by atoms with Gasteiger partial charge in [-0.2, -0.15) is 0 Å². The molecule has 1 amide bonds. The Kier molecular flexibility index (Phi) is 6.68. The van der Waals surface area contributed by atoms with E-state index in [-0.39, 0.29) is 10.7 Å². The number of benzene rings is 3. The van der Waals surface area contributed by atoms with Gasteiger partial charge in [-0.15, -0.1) is 0 Å². The van der Waals surface area contributed by atoms with E-state index in [9.17, 15) is 14.7 Å². The molecule has 32 heavy (non-hydrogen) atoms. The van der Waals surface area contributed by atoms with Crippen LogP contribution in [0.5, 0.6) is 11.5 Å². The van der Waals surface area contributed by atoms with Gasteiger partial charge in [0, 0.05) is 6.42 Å². The van der Waals surface area contributed by atoms with E-state index >= 15 is 0 Å². The first-order valence-electron chi connectivity index (χ1n) is 9.88. The van der Waals surface area contributed by atoms with Crippen molar-refractivity contribution in [3.63, 3.8) is 0 Å². The number of rotatable bonds is 7. The van der Waals surface area contributed by atoms with Crippen LogP contribution < -0.4 is 4.74 Å². The summed E-state index contributed by atoms with van der Waals surface area (Å²) in [4.78, 5) is 26.6. The number of thiocarbonyl (C=S) groups is 1. The summed E-state index contributed by atoms with van der Waals surface area (Å²) in [5, 5.41) is 9.78. The van der Waals surface area contributed by atoms with Gasteiger partial charge in [0.25, 0.3) is 5.91 Å². The van der Waals surface area contributed by atoms with E-state index in [2.05, 4.69) is 0 Å². The van der Waals surface area contributed by atoms with Crippen LogP contribution in [0.1, 0.15) is 11.1 Å². The SMILES string of the molecule is O=C(O)[C@H](Cc1ccccc1)N1C(=O)/C(=C/c2cccc(Oc3ccccc3)c2)SC1=S. The maximum atomic E-state index is 13.1. The van der Waals surface area contributed by atoms with Crippen molar-refractivity contribution in [1.82, 2.24) is 4.90 Å². The number of carbonyl (C=O) groups is 2. The molecule has 3 aromatic carbocycles. The molecule has 4 rings (SSSR count). The van der Waals surface area contributed by atoms with Crippen molar-refractivity contribution in [2.45, 2.75) is 12.5 Å². The minimum Gasteiger partial charge on any atom is -0.480 e. The summed E-state index contributed by atoms with van der Waals surface area (Å²) in [6, 6.07) is 24.9. The maximum Gasteiger partial charge on any atom is 0.327 e. The Labute approximate surface area is 195 Å². The van der Waals surface area contributed by atoms with Gasteiger partial charge in [-0.25, -0.2) is 4.79 Å². The van der Waals surface area contributed by atoms with Crippen molar-refractivity contribution in [2.24, 2.45) is 0 Å². The third-order valence-electron chi connectivity index (χ3n) is 4.83. The van der Waals surface area contributed by atoms with Crippen LogP contribution in [-0.4, -0.2) is 32.2 Å². The van der Waals surface area contributed by atoms with Gasteiger partial charge in [0.1, 0.15) is 21.9 Å². The molecule has 160 valence electrons. The highest BCUT2D eigenvalue weighted by atomic mass is 32.2. The quantitative estimate of drug-likeness (QED) is 0.377. The van der Waals surface area contributed by atoms with Crippen LogP contribution >= 0.6 is 24.0 Å². The van der Waals surface area contributed by atoms with Crippen LogP contribution in [-0.2, 0) is 16.0 Å². The maximum absolute atomic E-state index is 13.1. The standard InChI is InChI=1S/C25H19NO4S2/c27-23-22(16-18-10-7-13-20(14-18)30-19-11-5-2-6-12-19)32-25(31)26(23)21(24(28)29)15-17-8-3-1-4-9-17/h1-14,16,21H,15H2,(H,28,29)/b22-16-/t21-/m0/s1. The molecule has 1 heterocycles. The molecule has 0 spiro atoms. The van der Waals surface area contributed by atoms with Crippen LogP contribution in [0.25, 0.3) is 6.08 Å². The molecular weight excluding hydrogens is 442 g/mol. The number of hydrogen-bond donors (Lipinski definition) is 1. The number of hydrogen-bond acceptors (Lipinski definition) is 5. The Hall–Kier alpha value is -3.42. The van der Waals surface area contributed by atoms with Crippen LogP contribution in [0.3, 0.4) is 0 Å². The molecule has 0 aliphatic carbocycles. The first-order chi connectivity index (χ1) is 15.5. The lowest BCUT2D eigenvalue weighted by Gasteiger charge is -2.23. The van der Waals surface area contributed by atoms with Crippen LogP contribution in [0.2, 0.25) is 0 Å². The number of para-hydroxylation sites is 1. The lowest BCUT2D eigenvalue weighted by molar-refractivity contribution is -0.145. The fraction of sp³-hybridized carbons (Fsp3) is 0.0800. The van der Waals surface area contributed by atoms with Crippen LogP contribution in [0.15, 0.2) is 89.8 Å². The zero-order chi connectivity index (χ0) is 22.5. The molecule has 0 aromatic heterocycles. The first-order valence-corrected chi connectivity index (χ1v) is 11.1. The van der Waals surface area contributed by atoms with Crippen molar-refractivity contribution >= 4 is 46.3 Å². The third kappa shape index (κ3) is 5.07. The summed E-state index contributed by atoms with van der Waals surface area (Å²) >= 11 is 6.48. The third-order valence-corrected chi connectivity index (χ3v) is 6.16. The number of amides is 1. The van der Waals surface area contributed by atoms with Gasteiger partial charge < -0.3 is 9.84 Å². The van der Waals surface area contributed by atoms with E-state index in [1.54, 1.807) is 6.08 Å². The highest BCUT2D eigenvalue weighted by Gasteiger charge is 2.40. The summed E-state index contributed by atoms with van der Waals surface area (Å²) in [7, 11) is 0. The lowest BCUT2D eigenvalue weighted by atomic mass is 10.0. The molecule has 0 bridgehead atoms. The predicted octanol–water partition coefficient (Wildman–Crippen LogP) is 5.38. The fourth-order valence-electron chi connectivity index (χ4n) is 3.32. The molecule has 1 fully saturated rings. The van der Waals surface area contributed by atoms with Gasteiger partial charge in [0.05, 0.1) is 4.91 Å². The Morgan fingerprint density at radius 2 is 1.66 bits per heavy atom. The molecule has 1 aliphatic heterocycles. The van der Waals surface area contributed by atoms with Crippen molar-refractivity contribution in [3.8, 4) is 11.5 Å². The van der Waals surface area contributed by atoms with Crippen LogP contribution in [0.4, 0.5) is 0 Å². The summed E-state index contributed by atoms with van der Waals surface area (Å²) < 4.78 is 6.09. The minimum atomic E-state index is -1.09. The Bertz CT molecular complexity index is 1180. The molecule has 5 nitrogen and oxygen atoms in total. The summed E-state index contributed by atoms with van der Waals surface area (Å²) in [5.74, 6) is -0.156. The average molecular weight is 462 g/mol. The molecule has 0 unspecified atom stereocenters. The molecule has 1 aliphatic rings. The number of carboxylic acid groups (broad SMARTS) is 1. The highest BCUT2D eigenvalue weighted by Crippen LogP contribution is 2.35. The number of aliphatic carboxylic acids is 1. The molecule has 3 aromatic rings. The number of carbonyl (C=O) groups excluding carboxylic acids is 1. The van der Waals surface area contributed by atoms with E-state index in [1.165, 1.54) is 4.90 Å². The van der Waals surface area contributed by atoms with Gasteiger partial charge in [-0.3, -0.25) is 9.69 Å². The average Bonchev–Trinajstić information content (AvgIpc) is 3.06. The zero-order valence-corrected chi connectivity index (χ0v) is 18.5. The van der Waals surface area contributed by atoms with Gasteiger partial charge in [-0.1, -0.05) is 84.6 Å². The molecule has 1 saturated heterocycles. The second-order valence-corrected chi connectivity index (χ2v) is 8.76. The summed E-state index contributed by atoms with van der Waals surface area (Å²) in [5.41, 5.74) is 1.58. The molecule has 1 N–H and O–H groups in total. The summed E-state index contributed by atoms with van der Waals surface area (Å²) in [6.07, 6.45) is 1.88. The zero-order valence-electron chi connectivity index (χ0n) is 16.9. The molecule has 1 atom stereocenters. The van der Waals surface area contributed by atoms with Crippen molar-refractivity contribution < 1.29 is 19.4 Å². The molecule has 0 saturated carbocycles. The monoisotopic (exact) mass is 461 g/mol. The van der Waals surface area contributed by atoms with Crippen molar-refractivity contribution in [1.29, 1.82) is 0 Å². The summed E-state index contributed by atoms with van der Waals surface area (Å²) in [6.45, 7) is 0. The van der Waals surface area contributed by atoms with E-state index in [1.807, 2.05) is 84.9 Å². The highest BCUT2D eigenvalue weighted by molar-refractivity contribution is 8.26. The second-order valence-electron chi connectivity index (χ2n) is 7.08. The number of thioether (sulfide) groups is 1. The lowest BCUT2D eigenvalue weighted by Crippen LogP contribution is -2.45. The smallest absolute Gasteiger partial charge is 0.327 e. The number of carboxylic acids is 1. The van der Waals surface area contributed by atoms with E-state index < -0.39 is 17.9 Å². The van der Waals surface area contributed by atoms with Gasteiger partial charge >= 0.3 is 5.97 Å². The van der Waals surface area contributed by atoms with E-state index in [0.717, 1.165) is 22.9 Å². The number of ether oxygens (including phenoxy) is 1. The Balaban J connectivity index is 1.55. The topological polar surface area (TPSA) is 66.8 Å². The van der Waals surface area contributed by atoms with Crippen LogP contribution in [0, 0.1) is 0 Å². The van der Waals surface area contributed by atoms with Crippen molar-refractivity contribution in [2.75, 3.05) is 0 Å². The molecule has 7 heteroatoms.